The van der Waals surface area contributed by atoms with Gasteiger partial charge in [-0.05, 0) is 36.0 Å². The highest BCUT2D eigenvalue weighted by Crippen LogP contribution is 2.55. The smallest absolute Gasteiger partial charge is 0.0323 e. The van der Waals surface area contributed by atoms with E-state index in [1.165, 1.54) is 12.8 Å². The third kappa shape index (κ3) is 2.21. The van der Waals surface area contributed by atoms with E-state index in [2.05, 4.69) is 34.6 Å². The lowest BCUT2D eigenvalue weighted by atomic mass is 9.90. The van der Waals surface area contributed by atoms with Gasteiger partial charge in [-0.2, -0.15) is 0 Å². The molecule has 0 nitrogen and oxygen atoms in total. The molecule has 0 aliphatic heterocycles. The Hall–Kier alpha value is 0. The summed E-state index contributed by atoms with van der Waals surface area (Å²) in [5, 5.41) is 0. The monoisotopic (exact) mass is 154 g/mol. The standard InChI is InChI=1S/C11H22/c1-8(2)9(3)6-10-7-11(10,4)5/h8-10H,6-7H2,1-5H3. The molecule has 11 heavy (non-hydrogen) atoms. The van der Waals surface area contributed by atoms with Crippen LogP contribution in [0.1, 0.15) is 47.5 Å². The van der Waals surface area contributed by atoms with Crippen LogP contribution >= 0.6 is 0 Å². The van der Waals surface area contributed by atoms with Gasteiger partial charge in [-0.1, -0.05) is 34.6 Å². The van der Waals surface area contributed by atoms with Crippen LogP contribution in [0.2, 0.25) is 0 Å². The summed E-state index contributed by atoms with van der Waals surface area (Å²) in [6.07, 6.45) is 2.91. The molecule has 1 saturated carbocycles. The Balaban J connectivity index is 2.23. The highest BCUT2D eigenvalue weighted by molar-refractivity contribution is 4.95. The van der Waals surface area contributed by atoms with Gasteiger partial charge >= 0.3 is 0 Å². The molecule has 0 spiro atoms. The fourth-order valence-corrected chi connectivity index (χ4v) is 1.70. The summed E-state index contributed by atoms with van der Waals surface area (Å²) in [6.45, 7) is 11.8. The minimum absolute atomic E-state index is 0.684. The first kappa shape index (κ1) is 9.09. The lowest BCUT2D eigenvalue weighted by molar-refractivity contribution is 0.350. The predicted molar refractivity (Wildman–Crippen MR) is 50.5 cm³/mol. The first-order valence-electron chi connectivity index (χ1n) is 4.93. The van der Waals surface area contributed by atoms with Gasteiger partial charge in [0, 0.05) is 0 Å². The Morgan fingerprint density at radius 1 is 1.27 bits per heavy atom. The number of hydrogen-bond acceptors (Lipinski definition) is 0. The van der Waals surface area contributed by atoms with Gasteiger partial charge in [0.25, 0.3) is 0 Å². The molecule has 2 atom stereocenters. The summed E-state index contributed by atoms with van der Waals surface area (Å²) in [6, 6.07) is 0. The highest BCUT2D eigenvalue weighted by atomic mass is 14.5. The van der Waals surface area contributed by atoms with Crippen LogP contribution in [0.4, 0.5) is 0 Å². The van der Waals surface area contributed by atoms with Crippen molar-refractivity contribution in [2.24, 2.45) is 23.2 Å². The van der Waals surface area contributed by atoms with E-state index in [1.54, 1.807) is 0 Å². The van der Waals surface area contributed by atoms with Crippen molar-refractivity contribution in [3.63, 3.8) is 0 Å². The fraction of sp³-hybridized carbons (Fsp3) is 1.00. The van der Waals surface area contributed by atoms with Crippen LogP contribution in [-0.2, 0) is 0 Å². The molecule has 1 aliphatic rings. The van der Waals surface area contributed by atoms with Gasteiger partial charge < -0.3 is 0 Å². The van der Waals surface area contributed by atoms with Crippen molar-refractivity contribution in [3.8, 4) is 0 Å². The molecule has 0 saturated heterocycles. The summed E-state index contributed by atoms with van der Waals surface area (Å²) in [5.74, 6) is 2.81. The van der Waals surface area contributed by atoms with Crippen LogP contribution in [0.5, 0.6) is 0 Å². The first-order chi connectivity index (χ1) is 4.93. The zero-order chi connectivity index (χ0) is 8.65. The van der Waals surface area contributed by atoms with Gasteiger partial charge in [-0.3, -0.25) is 0 Å². The molecule has 66 valence electrons. The maximum atomic E-state index is 2.39. The van der Waals surface area contributed by atoms with Gasteiger partial charge in [0.15, 0.2) is 0 Å². The second-order valence-electron chi connectivity index (χ2n) is 5.35. The normalized spacial score (nSPS) is 30.5. The van der Waals surface area contributed by atoms with Crippen molar-refractivity contribution in [2.45, 2.75) is 47.5 Å². The molecule has 0 N–H and O–H groups in total. The Kier molecular flexibility index (Phi) is 2.32. The van der Waals surface area contributed by atoms with Crippen molar-refractivity contribution in [3.05, 3.63) is 0 Å². The van der Waals surface area contributed by atoms with Crippen molar-refractivity contribution in [1.29, 1.82) is 0 Å². The molecular formula is C11H22. The van der Waals surface area contributed by atoms with Gasteiger partial charge in [-0.25, -0.2) is 0 Å². The van der Waals surface area contributed by atoms with Crippen LogP contribution in [0.3, 0.4) is 0 Å². The van der Waals surface area contributed by atoms with Crippen molar-refractivity contribution in [1.82, 2.24) is 0 Å². The molecule has 1 rings (SSSR count). The molecule has 0 aromatic carbocycles. The topological polar surface area (TPSA) is 0 Å². The summed E-state index contributed by atoms with van der Waals surface area (Å²) in [7, 11) is 0. The lowest BCUT2D eigenvalue weighted by Gasteiger charge is -2.15. The largest absolute Gasteiger partial charge is 0.0625 e. The molecule has 2 unspecified atom stereocenters. The maximum Gasteiger partial charge on any atom is -0.0323 e. The van der Waals surface area contributed by atoms with Crippen molar-refractivity contribution < 1.29 is 0 Å². The number of rotatable bonds is 3. The summed E-state index contributed by atoms with van der Waals surface area (Å²) in [5.41, 5.74) is 0.684. The molecule has 0 aromatic rings. The lowest BCUT2D eigenvalue weighted by Crippen LogP contribution is -2.06. The summed E-state index contributed by atoms with van der Waals surface area (Å²) in [4.78, 5) is 0. The Morgan fingerprint density at radius 2 is 1.73 bits per heavy atom. The zero-order valence-corrected chi connectivity index (χ0v) is 8.65. The maximum absolute atomic E-state index is 2.39. The van der Waals surface area contributed by atoms with E-state index in [0.29, 0.717) is 5.41 Å². The van der Waals surface area contributed by atoms with Crippen LogP contribution < -0.4 is 0 Å². The van der Waals surface area contributed by atoms with E-state index >= 15 is 0 Å². The number of hydrogen-bond donors (Lipinski definition) is 0. The van der Waals surface area contributed by atoms with Crippen LogP contribution in [-0.4, -0.2) is 0 Å². The quantitative estimate of drug-likeness (QED) is 0.581. The first-order valence-corrected chi connectivity index (χ1v) is 4.93. The molecule has 0 amide bonds. The minimum Gasteiger partial charge on any atom is -0.0625 e. The molecule has 1 fully saturated rings. The average Bonchev–Trinajstić information content (AvgIpc) is 2.39. The molecule has 0 heteroatoms. The SMILES string of the molecule is CC(C)C(C)CC1CC1(C)C. The molecular weight excluding hydrogens is 132 g/mol. The van der Waals surface area contributed by atoms with Crippen molar-refractivity contribution in [2.75, 3.05) is 0 Å². The van der Waals surface area contributed by atoms with E-state index in [-0.39, 0.29) is 0 Å². The van der Waals surface area contributed by atoms with Crippen LogP contribution in [0.25, 0.3) is 0 Å². The second kappa shape index (κ2) is 2.80. The Labute approximate surface area is 71.4 Å². The van der Waals surface area contributed by atoms with Crippen LogP contribution in [0, 0.1) is 23.2 Å². The predicted octanol–water partition coefficient (Wildman–Crippen LogP) is 3.71. The molecule has 1 aliphatic carbocycles. The summed E-state index contributed by atoms with van der Waals surface area (Å²) >= 11 is 0. The molecule has 0 bridgehead atoms. The van der Waals surface area contributed by atoms with Gasteiger partial charge in [0.05, 0.1) is 0 Å². The molecule has 0 heterocycles. The molecule has 0 aromatic heterocycles. The third-order valence-corrected chi connectivity index (χ3v) is 3.51. The highest BCUT2D eigenvalue weighted by Gasteiger charge is 2.45. The minimum atomic E-state index is 0.684. The van der Waals surface area contributed by atoms with Gasteiger partial charge in [0.1, 0.15) is 0 Å². The van der Waals surface area contributed by atoms with E-state index in [9.17, 15) is 0 Å². The Morgan fingerprint density at radius 3 is 2.00 bits per heavy atom. The van der Waals surface area contributed by atoms with Crippen molar-refractivity contribution >= 4 is 0 Å². The van der Waals surface area contributed by atoms with E-state index in [4.69, 9.17) is 0 Å². The van der Waals surface area contributed by atoms with E-state index < -0.39 is 0 Å². The van der Waals surface area contributed by atoms with Gasteiger partial charge in [0.2, 0.25) is 0 Å². The van der Waals surface area contributed by atoms with Crippen LogP contribution in [0.15, 0.2) is 0 Å². The van der Waals surface area contributed by atoms with Gasteiger partial charge in [-0.15, -0.1) is 0 Å². The average molecular weight is 154 g/mol. The Bertz CT molecular complexity index is 133. The summed E-state index contributed by atoms with van der Waals surface area (Å²) < 4.78 is 0. The second-order valence-corrected chi connectivity index (χ2v) is 5.35. The zero-order valence-electron chi connectivity index (χ0n) is 8.65. The third-order valence-electron chi connectivity index (χ3n) is 3.51. The fourth-order valence-electron chi connectivity index (χ4n) is 1.70. The molecule has 0 radical (unpaired) electrons. The van der Waals surface area contributed by atoms with E-state index in [0.717, 1.165) is 17.8 Å². The van der Waals surface area contributed by atoms with E-state index in [1.807, 2.05) is 0 Å².